The van der Waals surface area contributed by atoms with Crippen molar-refractivity contribution in [2.45, 2.75) is 26.1 Å². The standard InChI is InChI=1S/C5H10O6S2/c1-4-5(2)11-13(8,9)3-12(6,7)10-4/h4-5H,3H2,1-2H3/t4-,5-/m0/s1. The summed E-state index contributed by atoms with van der Waals surface area (Å²) in [5.74, 6) is 0. The van der Waals surface area contributed by atoms with Gasteiger partial charge in [0.1, 0.15) is 12.2 Å². The van der Waals surface area contributed by atoms with E-state index in [-0.39, 0.29) is 0 Å². The molecule has 0 aromatic carbocycles. The molecule has 13 heavy (non-hydrogen) atoms. The van der Waals surface area contributed by atoms with Crippen molar-refractivity contribution in [3.8, 4) is 0 Å². The van der Waals surface area contributed by atoms with Crippen molar-refractivity contribution in [2.75, 3.05) is 5.08 Å². The van der Waals surface area contributed by atoms with Gasteiger partial charge in [-0.2, -0.15) is 16.8 Å². The molecule has 78 valence electrons. The molecule has 6 nitrogen and oxygen atoms in total. The Morgan fingerprint density at radius 1 is 0.923 bits per heavy atom. The number of rotatable bonds is 0. The van der Waals surface area contributed by atoms with Crippen LogP contribution in [0.25, 0.3) is 0 Å². The average molecular weight is 230 g/mol. The molecular weight excluding hydrogens is 220 g/mol. The van der Waals surface area contributed by atoms with Gasteiger partial charge in [0.25, 0.3) is 20.2 Å². The second-order valence-corrected chi connectivity index (χ2v) is 6.39. The highest BCUT2D eigenvalue weighted by Crippen LogP contribution is 2.17. The molecule has 0 aromatic rings. The Labute approximate surface area is 77.1 Å². The van der Waals surface area contributed by atoms with E-state index in [0.717, 1.165) is 0 Å². The lowest BCUT2D eigenvalue weighted by molar-refractivity contribution is 0.0950. The van der Waals surface area contributed by atoms with Gasteiger partial charge in [-0.05, 0) is 13.8 Å². The van der Waals surface area contributed by atoms with E-state index in [4.69, 9.17) is 0 Å². The minimum absolute atomic E-state index is 0.790. The minimum atomic E-state index is -4.02. The van der Waals surface area contributed by atoms with Gasteiger partial charge in [0, 0.05) is 0 Å². The van der Waals surface area contributed by atoms with Crippen LogP contribution in [0.1, 0.15) is 13.8 Å². The Balaban J connectivity index is 3.08. The highest BCUT2D eigenvalue weighted by atomic mass is 32.3. The highest BCUT2D eigenvalue weighted by Gasteiger charge is 2.35. The van der Waals surface area contributed by atoms with Gasteiger partial charge in [0.05, 0.1) is 0 Å². The molecule has 1 aliphatic rings. The SMILES string of the molecule is C[C@@H]1OS(=O)(=O)CS(=O)(=O)O[C@H]1C. The maximum atomic E-state index is 11.0. The van der Waals surface area contributed by atoms with E-state index in [0.29, 0.717) is 0 Å². The molecule has 1 rings (SSSR count). The topological polar surface area (TPSA) is 86.7 Å². The molecule has 0 radical (unpaired) electrons. The van der Waals surface area contributed by atoms with Gasteiger partial charge < -0.3 is 0 Å². The van der Waals surface area contributed by atoms with Crippen LogP contribution in [0, 0.1) is 0 Å². The zero-order valence-corrected chi connectivity index (χ0v) is 8.76. The Morgan fingerprint density at radius 2 is 1.23 bits per heavy atom. The van der Waals surface area contributed by atoms with Crippen molar-refractivity contribution in [2.24, 2.45) is 0 Å². The molecule has 0 N–H and O–H groups in total. The summed E-state index contributed by atoms with van der Waals surface area (Å²) in [4.78, 5) is 0. The van der Waals surface area contributed by atoms with E-state index in [1.54, 1.807) is 0 Å². The molecule has 1 fully saturated rings. The lowest BCUT2D eigenvalue weighted by Crippen LogP contribution is -2.25. The van der Waals surface area contributed by atoms with Crippen LogP contribution in [0.3, 0.4) is 0 Å². The van der Waals surface area contributed by atoms with E-state index in [1.807, 2.05) is 0 Å². The summed E-state index contributed by atoms with van der Waals surface area (Å²) in [7, 11) is -8.04. The monoisotopic (exact) mass is 230 g/mol. The second kappa shape index (κ2) is 3.19. The minimum Gasteiger partial charge on any atom is -0.263 e. The molecule has 0 aliphatic carbocycles. The number of hydrogen-bond donors (Lipinski definition) is 0. The van der Waals surface area contributed by atoms with Crippen molar-refractivity contribution < 1.29 is 25.2 Å². The van der Waals surface area contributed by atoms with Crippen molar-refractivity contribution in [3.63, 3.8) is 0 Å². The third-order valence-electron chi connectivity index (χ3n) is 1.55. The summed E-state index contributed by atoms with van der Waals surface area (Å²) >= 11 is 0. The molecule has 2 atom stereocenters. The summed E-state index contributed by atoms with van der Waals surface area (Å²) in [6, 6.07) is 0. The Kier molecular flexibility index (Phi) is 2.68. The maximum absolute atomic E-state index is 11.0. The first kappa shape index (κ1) is 10.9. The molecule has 1 aliphatic heterocycles. The first-order valence-electron chi connectivity index (χ1n) is 3.54. The van der Waals surface area contributed by atoms with E-state index in [1.165, 1.54) is 13.8 Å². The van der Waals surface area contributed by atoms with Crippen LogP contribution in [0.15, 0.2) is 0 Å². The first-order valence-corrected chi connectivity index (χ1v) is 6.69. The molecule has 1 saturated heterocycles. The molecule has 0 aromatic heterocycles. The van der Waals surface area contributed by atoms with E-state index >= 15 is 0 Å². The van der Waals surface area contributed by atoms with Crippen molar-refractivity contribution in [3.05, 3.63) is 0 Å². The molecule has 0 amide bonds. The van der Waals surface area contributed by atoms with E-state index in [2.05, 4.69) is 8.37 Å². The predicted molar refractivity (Wildman–Crippen MR) is 43.8 cm³/mol. The largest absolute Gasteiger partial charge is 0.284 e. The van der Waals surface area contributed by atoms with Crippen LogP contribution >= 0.6 is 0 Å². The summed E-state index contributed by atoms with van der Waals surface area (Å²) in [5.41, 5.74) is 0. The molecule has 0 unspecified atom stereocenters. The summed E-state index contributed by atoms with van der Waals surface area (Å²) < 4.78 is 52.9. The second-order valence-electron chi connectivity index (χ2n) is 2.84. The lowest BCUT2D eigenvalue weighted by atomic mass is 10.3. The summed E-state index contributed by atoms with van der Waals surface area (Å²) in [6.45, 7) is 2.87. The average Bonchev–Trinajstić information content (AvgIpc) is 1.85. The molecule has 1 heterocycles. The highest BCUT2D eigenvalue weighted by molar-refractivity contribution is 8.03. The normalized spacial score (nSPS) is 38.0. The third-order valence-corrected chi connectivity index (χ3v) is 5.05. The van der Waals surface area contributed by atoms with Gasteiger partial charge in [0.2, 0.25) is 5.08 Å². The smallest absolute Gasteiger partial charge is 0.263 e. The molecular formula is C5H10O6S2. The Morgan fingerprint density at radius 3 is 1.54 bits per heavy atom. The maximum Gasteiger partial charge on any atom is 0.284 e. The summed E-state index contributed by atoms with van der Waals surface area (Å²) in [5, 5.41) is -1.12. The molecule has 0 spiro atoms. The Bertz CT molecular complexity index is 341. The van der Waals surface area contributed by atoms with E-state index in [9.17, 15) is 16.8 Å². The van der Waals surface area contributed by atoms with Crippen LogP contribution in [0.5, 0.6) is 0 Å². The van der Waals surface area contributed by atoms with Crippen molar-refractivity contribution in [1.29, 1.82) is 0 Å². The fourth-order valence-corrected chi connectivity index (χ4v) is 3.95. The zero-order chi connectivity index (χ0) is 10.3. The fraction of sp³-hybridized carbons (Fsp3) is 1.00. The van der Waals surface area contributed by atoms with Gasteiger partial charge in [-0.1, -0.05) is 0 Å². The number of hydrogen-bond acceptors (Lipinski definition) is 6. The van der Waals surface area contributed by atoms with Crippen LogP contribution in [0.2, 0.25) is 0 Å². The van der Waals surface area contributed by atoms with Gasteiger partial charge in [-0.15, -0.1) is 0 Å². The van der Waals surface area contributed by atoms with Gasteiger partial charge in [-0.3, -0.25) is 8.37 Å². The van der Waals surface area contributed by atoms with Crippen LogP contribution < -0.4 is 0 Å². The lowest BCUT2D eigenvalue weighted by Gasteiger charge is -2.12. The van der Waals surface area contributed by atoms with Crippen LogP contribution in [-0.4, -0.2) is 34.1 Å². The summed E-state index contributed by atoms with van der Waals surface area (Å²) in [6.07, 6.45) is -1.58. The van der Waals surface area contributed by atoms with E-state index < -0.39 is 37.5 Å². The van der Waals surface area contributed by atoms with Crippen LogP contribution in [-0.2, 0) is 28.6 Å². The molecule has 8 heteroatoms. The Hall–Kier alpha value is -0.180. The van der Waals surface area contributed by atoms with Gasteiger partial charge in [-0.25, -0.2) is 0 Å². The van der Waals surface area contributed by atoms with Gasteiger partial charge in [0.15, 0.2) is 0 Å². The van der Waals surface area contributed by atoms with Gasteiger partial charge >= 0.3 is 0 Å². The first-order chi connectivity index (χ1) is 5.72. The molecule has 0 bridgehead atoms. The van der Waals surface area contributed by atoms with Crippen LogP contribution in [0.4, 0.5) is 0 Å². The van der Waals surface area contributed by atoms with Crippen molar-refractivity contribution in [1.82, 2.24) is 0 Å². The predicted octanol–water partition coefficient (Wildman–Crippen LogP) is -0.573. The third kappa shape index (κ3) is 2.90. The molecule has 0 saturated carbocycles. The van der Waals surface area contributed by atoms with Crippen molar-refractivity contribution >= 4 is 20.2 Å². The quantitative estimate of drug-likeness (QED) is 0.518. The zero-order valence-electron chi connectivity index (χ0n) is 7.13. The fourth-order valence-electron chi connectivity index (χ4n) is 0.851.